The predicted octanol–water partition coefficient (Wildman–Crippen LogP) is 5.37. The van der Waals surface area contributed by atoms with E-state index in [1.807, 2.05) is 67.6 Å². The molecule has 0 aliphatic heterocycles. The molecule has 3 rings (SSSR count). The third-order valence-corrected chi connectivity index (χ3v) is 3.97. The van der Waals surface area contributed by atoms with E-state index in [1.165, 1.54) is 0 Å². The van der Waals surface area contributed by atoms with Gasteiger partial charge in [0.1, 0.15) is 5.75 Å². The molecule has 1 unspecified atom stereocenters. The number of rotatable bonds is 3. The second-order valence-electron chi connectivity index (χ2n) is 5.07. The Hall–Kier alpha value is -2.19. The number of anilines is 1. The van der Waals surface area contributed by atoms with Crippen LogP contribution in [-0.4, -0.2) is 5.11 Å². The third kappa shape index (κ3) is 2.67. The van der Waals surface area contributed by atoms with E-state index in [0.29, 0.717) is 10.8 Å². The van der Waals surface area contributed by atoms with Crippen molar-refractivity contribution in [2.75, 3.05) is 5.32 Å². The maximum absolute atomic E-state index is 10.5. The number of fused-ring (bicyclic) bond motifs is 1. The lowest BCUT2D eigenvalue weighted by Gasteiger charge is -2.18. The van der Waals surface area contributed by atoms with E-state index < -0.39 is 0 Å². The lowest BCUT2D eigenvalue weighted by atomic mass is 10.0. The highest BCUT2D eigenvalue weighted by Crippen LogP contribution is 2.34. The number of hydrogen-bond donors (Lipinski definition) is 2. The van der Waals surface area contributed by atoms with Crippen LogP contribution in [-0.2, 0) is 0 Å². The van der Waals surface area contributed by atoms with Gasteiger partial charge in [0, 0.05) is 10.9 Å². The van der Waals surface area contributed by atoms with Crippen LogP contribution < -0.4 is 5.32 Å². The highest BCUT2D eigenvalue weighted by atomic mass is 35.5. The van der Waals surface area contributed by atoms with Crippen LogP contribution in [0.25, 0.3) is 10.8 Å². The van der Waals surface area contributed by atoms with Gasteiger partial charge in [-0.1, -0.05) is 60.1 Å². The van der Waals surface area contributed by atoms with Crippen LogP contribution in [0.1, 0.15) is 18.5 Å². The molecular weight excluding hydrogens is 282 g/mol. The number of phenols is 1. The molecule has 0 bridgehead atoms. The molecule has 0 aliphatic rings. The Morgan fingerprint density at radius 2 is 1.67 bits per heavy atom. The molecule has 0 saturated heterocycles. The van der Waals surface area contributed by atoms with Gasteiger partial charge in [0.2, 0.25) is 0 Å². The first kappa shape index (κ1) is 13.8. The number of halogens is 1. The zero-order valence-corrected chi connectivity index (χ0v) is 12.4. The molecule has 3 aromatic carbocycles. The van der Waals surface area contributed by atoms with Crippen molar-refractivity contribution in [2.24, 2.45) is 0 Å². The highest BCUT2D eigenvalue weighted by molar-refractivity contribution is 6.33. The largest absolute Gasteiger partial charge is 0.507 e. The molecule has 1 atom stereocenters. The SMILES string of the molecule is CC(Nc1ccccc1Cl)c1ccc2ccccc2c1O. The van der Waals surface area contributed by atoms with Crippen LogP contribution in [0, 0.1) is 0 Å². The van der Waals surface area contributed by atoms with E-state index >= 15 is 0 Å². The summed E-state index contributed by atoms with van der Waals surface area (Å²) in [6.45, 7) is 2.01. The summed E-state index contributed by atoms with van der Waals surface area (Å²) in [6, 6.07) is 19.3. The zero-order chi connectivity index (χ0) is 14.8. The van der Waals surface area contributed by atoms with Gasteiger partial charge < -0.3 is 10.4 Å². The van der Waals surface area contributed by atoms with Gasteiger partial charge in [-0.05, 0) is 24.4 Å². The summed E-state index contributed by atoms with van der Waals surface area (Å²) < 4.78 is 0. The zero-order valence-electron chi connectivity index (χ0n) is 11.7. The summed E-state index contributed by atoms with van der Waals surface area (Å²) in [7, 11) is 0. The van der Waals surface area contributed by atoms with Gasteiger partial charge in [-0.2, -0.15) is 0 Å². The van der Waals surface area contributed by atoms with Crippen molar-refractivity contribution in [2.45, 2.75) is 13.0 Å². The molecule has 0 amide bonds. The minimum Gasteiger partial charge on any atom is -0.507 e. The number of para-hydroxylation sites is 1. The first-order valence-electron chi connectivity index (χ1n) is 6.88. The van der Waals surface area contributed by atoms with E-state index in [2.05, 4.69) is 5.32 Å². The van der Waals surface area contributed by atoms with Crippen LogP contribution in [0.15, 0.2) is 60.7 Å². The number of nitrogens with one attached hydrogen (secondary N) is 1. The second kappa shape index (κ2) is 5.66. The molecule has 0 fully saturated rings. The smallest absolute Gasteiger partial charge is 0.128 e. The Bertz CT molecular complexity index is 785. The Morgan fingerprint density at radius 3 is 2.48 bits per heavy atom. The van der Waals surface area contributed by atoms with Crippen LogP contribution >= 0.6 is 11.6 Å². The molecule has 3 heteroatoms. The number of phenolic OH excluding ortho intramolecular Hbond substituents is 1. The van der Waals surface area contributed by atoms with E-state index in [1.54, 1.807) is 0 Å². The monoisotopic (exact) mass is 297 g/mol. The van der Waals surface area contributed by atoms with Crippen molar-refractivity contribution < 1.29 is 5.11 Å². The first-order valence-corrected chi connectivity index (χ1v) is 7.26. The molecule has 0 heterocycles. The Labute approximate surface area is 129 Å². The molecule has 2 N–H and O–H groups in total. The summed E-state index contributed by atoms with van der Waals surface area (Å²) in [6.07, 6.45) is 0. The molecule has 2 nitrogen and oxygen atoms in total. The lowest BCUT2D eigenvalue weighted by molar-refractivity contribution is 0.472. The summed E-state index contributed by atoms with van der Waals surface area (Å²) in [5.74, 6) is 0.320. The van der Waals surface area contributed by atoms with Gasteiger partial charge in [0.25, 0.3) is 0 Å². The molecule has 21 heavy (non-hydrogen) atoms. The van der Waals surface area contributed by atoms with Crippen molar-refractivity contribution in [3.05, 3.63) is 71.2 Å². The van der Waals surface area contributed by atoms with Gasteiger partial charge >= 0.3 is 0 Å². The average Bonchev–Trinajstić information content (AvgIpc) is 2.50. The van der Waals surface area contributed by atoms with Crippen LogP contribution in [0.2, 0.25) is 5.02 Å². The molecular formula is C18H16ClNO. The van der Waals surface area contributed by atoms with Gasteiger partial charge in [-0.15, -0.1) is 0 Å². The molecule has 3 aromatic rings. The van der Waals surface area contributed by atoms with Gasteiger partial charge in [0.05, 0.1) is 16.8 Å². The first-order chi connectivity index (χ1) is 10.2. The second-order valence-corrected chi connectivity index (χ2v) is 5.48. The van der Waals surface area contributed by atoms with Gasteiger partial charge in [-0.3, -0.25) is 0 Å². The molecule has 106 valence electrons. The molecule has 0 aliphatic carbocycles. The fourth-order valence-electron chi connectivity index (χ4n) is 2.51. The van der Waals surface area contributed by atoms with Crippen molar-refractivity contribution in [1.82, 2.24) is 0 Å². The van der Waals surface area contributed by atoms with Gasteiger partial charge in [-0.25, -0.2) is 0 Å². The molecule has 0 radical (unpaired) electrons. The summed E-state index contributed by atoms with van der Waals surface area (Å²) in [5, 5.41) is 16.4. The summed E-state index contributed by atoms with van der Waals surface area (Å²) >= 11 is 6.17. The van der Waals surface area contributed by atoms with Crippen molar-refractivity contribution >= 4 is 28.1 Å². The number of aromatic hydroxyl groups is 1. The summed E-state index contributed by atoms with van der Waals surface area (Å²) in [4.78, 5) is 0. The number of benzene rings is 3. The Balaban J connectivity index is 1.97. The maximum atomic E-state index is 10.5. The normalized spacial score (nSPS) is 12.3. The number of hydrogen-bond acceptors (Lipinski definition) is 2. The molecule has 0 saturated carbocycles. The topological polar surface area (TPSA) is 32.3 Å². The van der Waals surface area contributed by atoms with E-state index in [-0.39, 0.29) is 6.04 Å². The lowest BCUT2D eigenvalue weighted by Crippen LogP contribution is -2.07. The fourth-order valence-corrected chi connectivity index (χ4v) is 2.70. The maximum Gasteiger partial charge on any atom is 0.128 e. The fraction of sp³-hybridized carbons (Fsp3) is 0.111. The minimum atomic E-state index is -0.0468. The predicted molar refractivity (Wildman–Crippen MR) is 89.1 cm³/mol. The van der Waals surface area contributed by atoms with Gasteiger partial charge in [0.15, 0.2) is 0 Å². The molecule has 0 spiro atoms. The standard InChI is InChI=1S/C18H16ClNO/c1-12(20-17-9-5-4-8-16(17)19)14-11-10-13-6-2-3-7-15(13)18(14)21/h2-12,20-21H,1H3. The van der Waals surface area contributed by atoms with E-state index in [9.17, 15) is 5.11 Å². The van der Waals surface area contributed by atoms with Crippen molar-refractivity contribution in [1.29, 1.82) is 0 Å². The minimum absolute atomic E-state index is 0.0468. The van der Waals surface area contributed by atoms with E-state index in [0.717, 1.165) is 22.0 Å². The van der Waals surface area contributed by atoms with Crippen LogP contribution in [0.5, 0.6) is 5.75 Å². The van der Waals surface area contributed by atoms with Crippen LogP contribution in [0.3, 0.4) is 0 Å². The Morgan fingerprint density at radius 1 is 0.952 bits per heavy atom. The third-order valence-electron chi connectivity index (χ3n) is 3.64. The highest BCUT2D eigenvalue weighted by Gasteiger charge is 2.13. The van der Waals surface area contributed by atoms with Crippen LogP contribution in [0.4, 0.5) is 5.69 Å². The summed E-state index contributed by atoms with van der Waals surface area (Å²) in [5.41, 5.74) is 1.72. The van der Waals surface area contributed by atoms with E-state index in [4.69, 9.17) is 11.6 Å². The quantitative estimate of drug-likeness (QED) is 0.681. The Kier molecular flexibility index (Phi) is 3.72. The average molecular weight is 298 g/mol. The van der Waals surface area contributed by atoms with Crippen molar-refractivity contribution in [3.63, 3.8) is 0 Å². The molecule has 0 aromatic heterocycles. The van der Waals surface area contributed by atoms with Crippen molar-refractivity contribution in [3.8, 4) is 5.75 Å².